The second-order valence-electron chi connectivity index (χ2n) is 11.2. The highest BCUT2D eigenvalue weighted by atomic mass is 35.5. The molecule has 2 aliphatic carbocycles. The lowest BCUT2D eigenvalue weighted by molar-refractivity contribution is 0.0678. The molecule has 2 saturated carbocycles. The van der Waals surface area contributed by atoms with Gasteiger partial charge in [0.05, 0.1) is 5.02 Å². The summed E-state index contributed by atoms with van der Waals surface area (Å²) in [5.41, 5.74) is 2.68. The maximum absolute atomic E-state index is 11.7. The fourth-order valence-electron chi connectivity index (χ4n) is 6.00. The van der Waals surface area contributed by atoms with Crippen LogP contribution in [-0.4, -0.2) is 41.3 Å². The summed E-state index contributed by atoms with van der Waals surface area (Å²) < 4.78 is 13.2. The molecule has 0 aromatic carbocycles. The van der Waals surface area contributed by atoms with E-state index in [1.54, 1.807) is 12.4 Å². The van der Waals surface area contributed by atoms with E-state index < -0.39 is 5.76 Å². The van der Waals surface area contributed by atoms with Crippen LogP contribution in [0.4, 0.5) is 0 Å². The zero-order chi connectivity index (χ0) is 26.8. The van der Waals surface area contributed by atoms with Crippen LogP contribution in [0.5, 0.6) is 0 Å². The Morgan fingerprint density at radius 3 is 2.62 bits per heavy atom. The standard InChI is InChI=1S/C28H34ClN7O3/c1-17-7-9-18(10-8-17)14-36-22(16-38-15-19-5-3-2-4-6-19)31-25-24(36)23(20-11-21(29)13-30-12-20)32-26(33-25)27-34-28(37)39-35-27/h11-13,17-19H,2-10,14-16H2,1H3,(H,34,35,37)/t17-,18-. The summed E-state index contributed by atoms with van der Waals surface area (Å²) in [6.07, 6.45) is 14.5. The molecule has 10 nitrogen and oxygen atoms in total. The van der Waals surface area contributed by atoms with Crippen molar-refractivity contribution < 1.29 is 9.26 Å². The number of H-pyrrole nitrogens is 1. The van der Waals surface area contributed by atoms with Crippen molar-refractivity contribution in [3.8, 4) is 22.9 Å². The first-order chi connectivity index (χ1) is 19.0. The van der Waals surface area contributed by atoms with E-state index >= 15 is 0 Å². The van der Waals surface area contributed by atoms with Crippen LogP contribution in [0.15, 0.2) is 27.8 Å². The van der Waals surface area contributed by atoms with E-state index in [0.29, 0.717) is 34.8 Å². The molecule has 2 fully saturated rings. The first-order valence-corrected chi connectivity index (χ1v) is 14.4. The first-order valence-electron chi connectivity index (χ1n) is 14.1. The van der Waals surface area contributed by atoms with Crippen LogP contribution < -0.4 is 5.76 Å². The summed E-state index contributed by atoms with van der Waals surface area (Å²) in [7, 11) is 0. The molecule has 0 aliphatic heterocycles. The van der Waals surface area contributed by atoms with Crippen molar-refractivity contribution in [3.63, 3.8) is 0 Å². The molecule has 4 heterocycles. The Balaban J connectivity index is 1.43. The predicted molar refractivity (Wildman–Crippen MR) is 147 cm³/mol. The minimum absolute atomic E-state index is 0.143. The Bertz CT molecular complexity index is 1480. The molecule has 4 aromatic rings. The van der Waals surface area contributed by atoms with Crippen LogP contribution in [0.1, 0.15) is 70.5 Å². The van der Waals surface area contributed by atoms with E-state index in [1.165, 1.54) is 57.8 Å². The van der Waals surface area contributed by atoms with Crippen LogP contribution in [0.2, 0.25) is 5.02 Å². The van der Waals surface area contributed by atoms with E-state index in [9.17, 15) is 4.79 Å². The van der Waals surface area contributed by atoms with Gasteiger partial charge in [0.15, 0.2) is 5.65 Å². The Morgan fingerprint density at radius 1 is 1.05 bits per heavy atom. The van der Waals surface area contributed by atoms with Gasteiger partial charge >= 0.3 is 5.76 Å². The summed E-state index contributed by atoms with van der Waals surface area (Å²) >= 11 is 6.34. The lowest BCUT2D eigenvalue weighted by Crippen LogP contribution is -2.20. The summed E-state index contributed by atoms with van der Waals surface area (Å²) in [4.78, 5) is 33.0. The number of pyridine rings is 1. The highest BCUT2D eigenvalue weighted by Crippen LogP contribution is 2.34. The molecule has 0 radical (unpaired) electrons. The van der Waals surface area contributed by atoms with Gasteiger partial charge in [-0.1, -0.05) is 55.8 Å². The number of imidazole rings is 1. The van der Waals surface area contributed by atoms with Crippen LogP contribution in [-0.2, 0) is 17.9 Å². The second kappa shape index (κ2) is 11.6. The third-order valence-corrected chi connectivity index (χ3v) is 8.40. The van der Waals surface area contributed by atoms with Crippen LogP contribution >= 0.6 is 11.6 Å². The Kier molecular flexibility index (Phi) is 7.74. The average Bonchev–Trinajstić information content (AvgIpc) is 3.53. The Morgan fingerprint density at radius 2 is 1.87 bits per heavy atom. The maximum Gasteiger partial charge on any atom is 0.439 e. The van der Waals surface area contributed by atoms with Gasteiger partial charge in [0.1, 0.15) is 23.6 Å². The number of halogens is 1. The lowest BCUT2D eigenvalue weighted by atomic mass is 9.83. The number of hydrogen-bond donors (Lipinski definition) is 1. The van der Waals surface area contributed by atoms with Crippen molar-refractivity contribution >= 4 is 22.8 Å². The minimum atomic E-state index is -0.673. The normalized spacial score (nSPS) is 20.6. The van der Waals surface area contributed by atoms with E-state index in [-0.39, 0.29) is 11.6 Å². The van der Waals surface area contributed by atoms with Gasteiger partial charge in [-0.05, 0) is 49.5 Å². The number of fused-ring (bicyclic) bond motifs is 1. The third-order valence-electron chi connectivity index (χ3n) is 8.20. The molecule has 39 heavy (non-hydrogen) atoms. The summed E-state index contributed by atoms with van der Waals surface area (Å²) in [6.45, 7) is 4.29. The topological polar surface area (TPSA) is 125 Å². The summed E-state index contributed by atoms with van der Waals surface area (Å²) in [5.74, 6) is 2.43. The van der Waals surface area contributed by atoms with Crippen LogP contribution in [0.3, 0.4) is 0 Å². The molecule has 11 heteroatoms. The van der Waals surface area contributed by atoms with Crippen LogP contribution in [0.25, 0.3) is 34.1 Å². The lowest BCUT2D eigenvalue weighted by Gasteiger charge is -2.27. The van der Waals surface area contributed by atoms with Crippen molar-refractivity contribution in [2.75, 3.05) is 6.61 Å². The summed E-state index contributed by atoms with van der Waals surface area (Å²) in [6, 6.07) is 1.82. The van der Waals surface area contributed by atoms with Crippen molar-refractivity contribution in [2.24, 2.45) is 17.8 Å². The van der Waals surface area contributed by atoms with Crippen molar-refractivity contribution in [1.82, 2.24) is 34.6 Å². The molecule has 0 amide bonds. The SMILES string of the molecule is C[C@H]1CC[C@H](Cn2c(COCC3CCCCC3)nc3nc(-c4noc(=O)[nH]4)nc(-c4cncc(Cl)c4)c32)CC1. The van der Waals surface area contributed by atoms with E-state index in [0.717, 1.165) is 36.0 Å². The van der Waals surface area contributed by atoms with Gasteiger partial charge in [-0.2, -0.15) is 0 Å². The number of ether oxygens (including phenoxy) is 1. The molecule has 0 saturated heterocycles. The fraction of sp³-hybridized carbons (Fsp3) is 0.571. The van der Waals surface area contributed by atoms with Gasteiger partial charge in [-0.15, -0.1) is 0 Å². The number of nitrogens with zero attached hydrogens (tertiary/aromatic N) is 6. The highest BCUT2D eigenvalue weighted by molar-refractivity contribution is 6.30. The molecular formula is C28H34ClN7O3. The minimum Gasteiger partial charge on any atom is -0.373 e. The monoisotopic (exact) mass is 551 g/mol. The zero-order valence-corrected chi connectivity index (χ0v) is 23.0. The number of aromatic amines is 1. The van der Waals surface area contributed by atoms with Gasteiger partial charge in [0.25, 0.3) is 0 Å². The Hall–Kier alpha value is -3.11. The molecule has 6 rings (SSSR count). The third kappa shape index (κ3) is 5.91. The van der Waals surface area contributed by atoms with E-state index in [4.69, 9.17) is 35.8 Å². The largest absolute Gasteiger partial charge is 0.439 e. The first kappa shape index (κ1) is 26.1. The number of rotatable bonds is 8. The predicted octanol–water partition coefficient (Wildman–Crippen LogP) is 5.81. The molecule has 0 unspecified atom stereocenters. The zero-order valence-electron chi connectivity index (χ0n) is 22.2. The van der Waals surface area contributed by atoms with Gasteiger partial charge in [-0.3, -0.25) is 14.5 Å². The quantitative estimate of drug-likeness (QED) is 0.291. The molecule has 206 valence electrons. The number of nitrogens with one attached hydrogen (secondary N) is 1. The summed E-state index contributed by atoms with van der Waals surface area (Å²) in [5, 5.41) is 4.31. The van der Waals surface area contributed by atoms with E-state index in [2.05, 4.69) is 26.6 Å². The van der Waals surface area contributed by atoms with Crippen molar-refractivity contribution in [1.29, 1.82) is 0 Å². The highest BCUT2D eigenvalue weighted by Gasteiger charge is 2.26. The van der Waals surface area contributed by atoms with Gasteiger partial charge < -0.3 is 9.30 Å². The van der Waals surface area contributed by atoms with Crippen molar-refractivity contribution in [2.45, 2.75) is 77.9 Å². The van der Waals surface area contributed by atoms with Gasteiger partial charge in [-0.25, -0.2) is 19.7 Å². The van der Waals surface area contributed by atoms with E-state index in [1.807, 2.05) is 6.07 Å². The maximum atomic E-state index is 11.7. The van der Waals surface area contributed by atoms with Crippen molar-refractivity contribution in [3.05, 3.63) is 39.9 Å². The fourth-order valence-corrected chi connectivity index (χ4v) is 6.18. The molecule has 0 spiro atoms. The van der Waals surface area contributed by atoms with Crippen LogP contribution in [0, 0.1) is 17.8 Å². The molecule has 1 N–H and O–H groups in total. The molecule has 4 aromatic heterocycles. The molecular weight excluding hydrogens is 518 g/mol. The molecule has 0 atom stereocenters. The van der Waals surface area contributed by atoms with Gasteiger partial charge in [0.2, 0.25) is 11.6 Å². The smallest absolute Gasteiger partial charge is 0.373 e. The second-order valence-corrected chi connectivity index (χ2v) is 11.6. The number of aromatic nitrogens is 7. The average molecular weight is 552 g/mol. The number of hydrogen-bond acceptors (Lipinski definition) is 8. The molecule has 0 bridgehead atoms. The van der Waals surface area contributed by atoms with Gasteiger partial charge in [0, 0.05) is 31.1 Å². The Labute approximate surface area is 231 Å². The molecule has 2 aliphatic rings.